The summed E-state index contributed by atoms with van der Waals surface area (Å²) in [5.74, 6) is 0.942. The van der Waals surface area contributed by atoms with Gasteiger partial charge in [0, 0.05) is 18.7 Å². The molecule has 0 saturated carbocycles. The Morgan fingerprint density at radius 2 is 1.88 bits per heavy atom. The summed E-state index contributed by atoms with van der Waals surface area (Å²) in [5.41, 5.74) is 1.13. The molecule has 2 nitrogen and oxygen atoms in total. The zero-order valence-electron chi connectivity index (χ0n) is 11.5. The average molecular weight is 225 g/mol. The number of ether oxygens (including phenoxy) is 1. The van der Waals surface area contributed by atoms with E-state index in [1.54, 1.807) is 0 Å². The zero-order valence-corrected chi connectivity index (χ0v) is 11.5. The van der Waals surface area contributed by atoms with Gasteiger partial charge in [-0.25, -0.2) is 0 Å². The maximum atomic E-state index is 5.51. The Labute approximate surface area is 101 Å². The van der Waals surface area contributed by atoms with Gasteiger partial charge < -0.3 is 10.1 Å². The van der Waals surface area contributed by atoms with Gasteiger partial charge in [-0.05, 0) is 13.0 Å². The summed E-state index contributed by atoms with van der Waals surface area (Å²) in [5, 5.41) is 3.25. The van der Waals surface area contributed by atoms with Crippen LogP contribution in [-0.2, 0) is 4.74 Å². The Kier molecular flexibility index (Phi) is 15.2. The van der Waals surface area contributed by atoms with Crippen molar-refractivity contribution in [2.24, 2.45) is 0 Å². The van der Waals surface area contributed by atoms with Gasteiger partial charge in [-0.2, -0.15) is 0 Å². The highest BCUT2D eigenvalue weighted by molar-refractivity contribution is 5.29. The first-order chi connectivity index (χ1) is 7.88. The van der Waals surface area contributed by atoms with Gasteiger partial charge in [0.05, 0.1) is 0 Å². The first kappa shape index (κ1) is 17.4. The normalized spacial score (nSPS) is 15.1. The van der Waals surface area contributed by atoms with E-state index in [0.717, 1.165) is 31.0 Å². The molecule has 1 N–H and O–H groups in total. The molecule has 0 radical (unpaired) electrons. The molecule has 0 aromatic carbocycles. The molecule has 16 heavy (non-hydrogen) atoms. The molecule has 2 heteroatoms. The molecule has 0 unspecified atom stereocenters. The smallest absolute Gasteiger partial charge is 0.123 e. The molecule has 0 aromatic rings. The highest BCUT2D eigenvalue weighted by atomic mass is 16.5. The fourth-order valence-corrected chi connectivity index (χ4v) is 1.12. The van der Waals surface area contributed by atoms with Crippen LogP contribution in [0.5, 0.6) is 0 Å². The van der Waals surface area contributed by atoms with Crippen LogP contribution in [0, 0.1) is 0 Å². The van der Waals surface area contributed by atoms with Crippen LogP contribution in [0.15, 0.2) is 36.1 Å². The van der Waals surface area contributed by atoms with Crippen molar-refractivity contribution >= 4 is 0 Å². The van der Waals surface area contributed by atoms with Crippen molar-refractivity contribution in [1.29, 1.82) is 0 Å². The lowest BCUT2D eigenvalue weighted by Crippen LogP contribution is -2.17. The predicted octanol–water partition coefficient (Wildman–Crippen LogP) is 3.67. The molecule has 1 aliphatic rings. The number of rotatable bonds is 2. The standard InChI is InChI=1S/C10H15NO.2C2H6/c1-3-5-10-9(4-2)8-11-6-7-12-10;2*1-2/h3-5,11H,2,6-8H2,1H3;2*1-2H3/b5-3-;;. The molecular formula is C14H27NO. The van der Waals surface area contributed by atoms with Crippen molar-refractivity contribution in [2.75, 3.05) is 19.7 Å². The SMILES string of the molecule is C=CC1=C(/C=C\C)OCCNC1.CC.CC. The van der Waals surface area contributed by atoms with Crippen molar-refractivity contribution in [3.8, 4) is 0 Å². The minimum atomic E-state index is 0.733. The van der Waals surface area contributed by atoms with Gasteiger partial charge in [0.25, 0.3) is 0 Å². The van der Waals surface area contributed by atoms with E-state index in [1.807, 2.05) is 52.8 Å². The maximum absolute atomic E-state index is 5.51. The van der Waals surface area contributed by atoms with Crippen molar-refractivity contribution in [3.05, 3.63) is 36.1 Å². The van der Waals surface area contributed by atoms with Crippen LogP contribution in [0.2, 0.25) is 0 Å². The molecular weight excluding hydrogens is 198 g/mol. The molecule has 1 aliphatic heterocycles. The number of nitrogens with one attached hydrogen (secondary N) is 1. The largest absolute Gasteiger partial charge is 0.492 e. The predicted molar refractivity (Wildman–Crippen MR) is 73.6 cm³/mol. The monoisotopic (exact) mass is 225 g/mol. The molecule has 0 spiro atoms. The van der Waals surface area contributed by atoms with Gasteiger partial charge >= 0.3 is 0 Å². The minimum absolute atomic E-state index is 0.733. The second-order valence-corrected chi connectivity index (χ2v) is 2.62. The Hall–Kier alpha value is -1.02. The molecule has 0 fully saturated rings. The Morgan fingerprint density at radius 3 is 2.38 bits per heavy atom. The van der Waals surface area contributed by atoms with Crippen LogP contribution >= 0.6 is 0 Å². The van der Waals surface area contributed by atoms with Crippen molar-refractivity contribution in [3.63, 3.8) is 0 Å². The number of hydrogen-bond donors (Lipinski definition) is 1. The first-order valence-corrected chi connectivity index (χ1v) is 6.20. The van der Waals surface area contributed by atoms with Crippen LogP contribution in [0.25, 0.3) is 0 Å². The Bertz CT molecular complexity index is 217. The molecule has 1 heterocycles. The second kappa shape index (κ2) is 14.0. The molecule has 0 atom stereocenters. The van der Waals surface area contributed by atoms with E-state index in [9.17, 15) is 0 Å². The summed E-state index contributed by atoms with van der Waals surface area (Å²) < 4.78 is 5.51. The van der Waals surface area contributed by atoms with Crippen molar-refractivity contribution in [1.82, 2.24) is 5.32 Å². The lowest BCUT2D eigenvalue weighted by Gasteiger charge is -2.04. The van der Waals surface area contributed by atoms with E-state index in [-0.39, 0.29) is 0 Å². The van der Waals surface area contributed by atoms with Gasteiger partial charge in [0.15, 0.2) is 0 Å². The van der Waals surface area contributed by atoms with Crippen LogP contribution < -0.4 is 5.32 Å². The van der Waals surface area contributed by atoms with Gasteiger partial charge in [-0.1, -0.05) is 46.4 Å². The van der Waals surface area contributed by atoms with Gasteiger partial charge in [-0.3, -0.25) is 0 Å². The Morgan fingerprint density at radius 1 is 1.25 bits per heavy atom. The molecule has 0 aromatic heterocycles. The van der Waals surface area contributed by atoms with E-state index >= 15 is 0 Å². The number of hydrogen-bond acceptors (Lipinski definition) is 2. The summed E-state index contributed by atoms with van der Waals surface area (Å²) in [6, 6.07) is 0. The molecule has 0 bridgehead atoms. The van der Waals surface area contributed by atoms with Crippen LogP contribution in [0.3, 0.4) is 0 Å². The van der Waals surface area contributed by atoms with Crippen LogP contribution in [-0.4, -0.2) is 19.7 Å². The Balaban J connectivity index is 0. The lowest BCUT2D eigenvalue weighted by molar-refractivity contribution is 0.232. The van der Waals surface area contributed by atoms with E-state index < -0.39 is 0 Å². The van der Waals surface area contributed by atoms with Gasteiger partial charge in [-0.15, -0.1) is 0 Å². The maximum Gasteiger partial charge on any atom is 0.123 e. The van der Waals surface area contributed by atoms with Crippen molar-refractivity contribution < 1.29 is 4.74 Å². The highest BCUT2D eigenvalue weighted by Crippen LogP contribution is 2.10. The van der Waals surface area contributed by atoms with E-state index in [2.05, 4.69) is 11.9 Å². The first-order valence-electron chi connectivity index (χ1n) is 6.20. The van der Waals surface area contributed by atoms with E-state index in [0.29, 0.717) is 0 Å². The van der Waals surface area contributed by atoms with Gasteiger partial charge in [0.1, 0.15) is 12.4 Å². The summed E-state index contributed by atoms with van der Waals surface area (Å²) in [6.07, 6.45) is 5.79. The van der Waals surface area contributed by atoms with Crippen molar-refractivity contribution in [2.45, 2.75) is 34.6 Å². The van der Waals surface area contributed by atoms with Crippen LogP contribution in [0.4, 0.5) is 0 Å². The third-order valence-electron chi connectivity index (χ3n) is 1.73. The molecule has 1 rings (SSSR count). The lowest BCUT2D eigenvalue weighted by atomic mass is 10.2. The molecule has 0 saturated heterocycles. The second-order valence-electron chi connectivity index (χ2n) is 2.62. The third kappa shape index (κ3) is 7.30. The summed E-state index contributed by atoms with van der Waals surface area (Å²) in [7, 11) is 0. The van der Waals surface area contributed by atoms with Gasteiger partial charge in [0.2, 0.25) is 0 Å². The molecule has 94 valence electrons. The topological polar surface area (TPSA) is 21.3 Å². The number of allylic oxidation sites excluding steroid dienone is 2. The summed E-state index contributed by atoms with van der Waals surface area (Å²) in [4.78, 5) is 0. The fourth-order valence-electron chi connectivity index (χ4n) is 1.12. The summed E-state index contributed by atoms with van der Waals surface area (Å²) >= 11 is 0. The van der Waals surface area contributed by atoms with E-state index in [1.165, 1.54) is 0 Å². The summed E-state index contributed by atoms with van der Waals surface area (Å²) in [6.45, 7) is 16.2. The quantitative estimate of drug-likeness (QED) is 0.774. The molecule has 0 amide bonds. The molecule has 0 aliphatic carbocycles. The average Bonchev–Trinajstić information content (AvgIpc) is 2.60. The third-order valence-corrected chi connectivity index (χ3v) is 1.73. The highest BCUT2D eigenvalue weighted by Gasteiger charge is 2.05. The van der Waals surface area contributed by atoms with E-state index in [4.69, 9.17) is 4.74 Å². The van der Waals surface area contributed by atoms with Crippen LogP contribution in [0.1, 0.15) is 34.6 Å². The minimum Gasteiger partial charge on any atom is -0.492 e. The zero-order chi connectivity index (χ0) is 12.8. The fraction of sp³-hybridized carbons (Fsp3) is 0.571.